The van der Waals surface area contributed by atoms with E-state index < -0.39 is 6.04 Å². The summed E-state index contributed by atoms with van der Waals surface area (Å²) in [6.07, 6.45) is 0.223. The minimum absolute atomic E-state index is 0.265. The van der Waals surface area contributed by atoms with E-state index in [0.717, 1.165) is 5.56 Å². The monoisotopic (exact) mass is 251 g/mol. The molecule has 0 radical (unpaired) electrons. The van der Waals surface area contributed by atoms with Gasteiger partial charge in [-0.2, -0.15) is 0 Å². The van der Waals surface area contributed by atoms with E-state index in [1.54, 1.807) is 6.92 Å². The molecule has 0 bridgehead atoms. The van der Waals surface area contributed by atoms with E-state index in [4.69, 9.17) is 15.2 Å². The lowest BCUT2D eigenvalue weighted by molar-refractivity contribution is -0.152. The maximum absolute atomic E-state index is 11.7. The minimum atomic E-state index is -0.628. The fourth-order valence-electron chi connectivity index (χ4n) is 1.55. The average molecular weight is 251 g/mol. The van der Waals surface area contributed by atoms with Crippen molar-refractivity contribution in [2.24, 2.45) is 5.73 Å². The second kappa shape index (κ2) is 7.84. The summed E-state index contributed by atoms with van der Waals surface area (Å²) in [5.74, 6) is -0.383. The molecule has 0 aliphatic heterocycles. The van der Waals surface area contributed by atoms with Gasteiger partial charge in [0.05, 0.1) is 6.61 Å². The van der Waals surface area contributed by atoms with Crippen molar-refractivity contribution in [3.05, 3.63) is 35.9 Å². The highest BCUT2D eigenvalue weighted by Gasteiger charge is 2.18. The van der Waals surface area contributed by atoms with Gasteiger partial charge in [0, 0.05) is 6.61 Å². The van der Waals surface area contributed by atoms with Crippen LogP contribution in [-0.4, -0.2) is 31.3 Å². The number of nitrogens with two attached hydrogens (primary N) is 1. The van der Waals surface area contributed by atoms with Crippen molar-refractivity contribution >= 4 is 5.97 Å². The van der Waals surface area contributed by atoms with Gasteiger partial charge in [-0.1, -0.05) is 30.3 Å². The molecule has 18 heavy (non-hydrogen) atoms. The highest BCUT2D eigenvalue weighted by atomic mass is 16.6. The molecule has 100 valence electrons. The third-order valence-electron chi connectivity index (χ3n) is 2.48. The molecule has 0 fully saturated rings. The normalized spacial score (nSPS) is 13.9. The minimum Gasteiger partial charge on any atom is -0.459 e. The first-order chi connectivity index (χ1) is 8.63. The van der Waals surface area contributed by atoms with Crippen molar-refractivity contribution < 1.29 is 14.3 Å². The third-order valence-corrected chi connectivity index (χ3v) is 2.48. The van der Waals surface area contributed by atoms with Crippen molar-refractivity contribution in [2.45, 2.75) is 32.4 Å². The Kier molecular flexibility index (Phi) is 6.39. The summed E-state index contributed by atoms with van der Waals surface area (Å²) < 4.78 is 10.4. The lowest BCUT2D eigenvalue weighted by Crippen LogP contribution is -2.37. The Hall–Kier alpha value is -1.39. The first-order valence-corrected chi connectivity index (χ1v) is 6.21. The molecule has 2 N–H and O–H groups in total. The van der Waals surface area contributed by atoms with Crippen LogP contribution in [-0.2, 0) is 20.7 Å². The Morgan fingerprint density at radius 3 is 2.61 bits per heavy atom. The fourth-order valence-corrected chi connectivity index (χ4v) is 1.55. The Morgan fingerprint density at radius 1 is 1.33 bits per heavy atom. The SMILES string of the molecule is CCOCC(C)OC(=O)[C@@H](N)Cc1ccccc1. The van der Waals surface area contributed by atoms with Crippen LogP contribution in [0.1, 0.15) is 19.4 Å². The maximum atomic E-state index is 11.7. The van der Waals surface area contributed by atoms with Gasteiger partial charge in [0.25, 0.3) is 0 Å². The molecule has 0 aliphatic rings. The molecule has 0 saturated heterocycles. The van der Waals surface area contributed by atoms with E-state index >= 15 is 0 Å². The van der Waals surface area contributed by atoms with Crippen molar-refractivity contribution in [3.63, 3.8) is 0 Å². The largest absolute Gasteiger partial charge is 0.459 e. The molecule has 4 heteroatoms. The van der Waals surface area contributed by atoms with Gasteiger partial charge in [-0.25, -0.2) is 0 Å². The number of carbonyl (C=O) groups is 1. The number of hydrogen-bond donors (Lipinski definition) is 1. The van der Waals surface area contributed by atoms with Crippen molar-refractivity contribution in [1.29, 1.82) is 0 Å². The summed E-state index contributed by atoms with van der Waals surface area (Å²) >= 11 is 0. The van der Waals surface area contributed by atoms with Crippen LogP contribution >= 0.6 is 0 Å². The van der Waals surface area contributed by atoms with Crippen LogP contribution in [0, 0.1) is 0 Å². The van der Waals surface area contributed by atoms with Gasteiger partial charge in [-0.3, -0.25) is 4.79 Å². The number of esters is 1. The van der Waals surface area contributed by atoms with Crippen LogP contribution in [0.3, 0.4) is 0 Å². The molecule has 0 heterocycles. The molecule has 4 nitrogen and oxygen atoms in total. The summed E-state index contributed by atoms with van der Waals surface area (Å²) in [6.45, 7) is 4.71. The lowest BCUT2D eigenvalue weighted by atomic mass is 10.1. The Bertz CT molecular complexity index is 353. The number of carbonyl (C=O) groups excluding carboxylic acids is 1. The highest BCUT2D eigenvalue weighted by Crippen LogP contribution is 2.04. The molecule has 0 saturated carbocycles. The van der Waals surface area contributed by atoms with Gasteiger partial charge in [0.15, 0.2) is 0 Å². The van der Waals surface area contributed by atoms with E-state index in [2.05, 4.69) is 0 Å². The highest BCUT2D eigenvalue weighted by molar-refractivity contribution is 5.76. The molecule has 1 rings (SSSR count). The smallest absolute Gasteiger partial charge is 0.323 e. The standard InChI is InChI=1S/C14H21NO3/c1-3-17-10-11(2)18-14(16)13(15)9-12-7-5-4-6-8-12/h4-8,11,13H,3,9-10,15H2,1-2H3/t11?,13-/m0/s1. The Balaban J connectivity index is 2.37. The van der Waals surface area contributed by atoms with E-state index in [-0.39, 0.29) is 12.1 Å². The second-order valence-electron chi connectivity index (χ2n) is 4.20. The molecular formula is C14H21NO3. The number of rotatable bonds is 7. The fraction of sp³-hybridized carbons (Fsp3) is 0.500. The van der Waals surface area contributed by atoms with Gasteiger partial charge in [0.2, 0.25) is 0 Å². The molecule has 0 spiro atoms. The molecule has 1 aromatic rings. The molecule has 0 aliphatic carbocycles. The van der Waals surface area contributed by atoms with Gasteiger partial charge >= 0.3 is 5.97 Å². The zero-order valence-corrected chi connectivity index (χ0v) is 11.0. The quantitative estimate of drug-likeness (QED) is 0.746. The van der Waals surface area contributed by atoms with Gasteiger partial charge < -0.3 is 15.2 Å². The number of ether oxygens (including phenoxy) is 2. The van der Waals surface area contributed by atoms with Gasteiger partial charge in [-0.05, 0) is 25.8 Å². The van der Waals surface area contributed by atoms with Crippen molar-refractivity contribution in [3.8, 4) is 0 Å². The number of hydrogen-bond acceptors (Lipinski definition) is 4. The summed E-state index contributed by atoms with van der Waals surface area (Å²) in [5.41, 5.74) is 6.84. The summed E-state index contributed by atoms with van der Waals surface area (Å²) in [7, 11) is 0. The molecule has 2 atom stereocenters. The molecule has 1 unspecified atom stereocenters. The van der Waals surface area contributed by atoms with Crippen LogP contribution in [0.2, 0.25) is 0 Å². The zero-order valence-electron chi connectivity index (χ0n) is 11.0. The van der Waals surface area contributed by atoms with Crippen LogP contribution in [0.5, 0.6) is 0 Å². The zero-order chi connectivity index (χ0) is 13.4. The van der Waals surface area contributed by atoms with E-state index in [9.17, 15) is 4.79 Å². The Labute approximate surface area is 108 Å². The molecule has 1 aromatic carbocycles. The van der Waals surface area contributed by atoms with Crippen LogP contribution in [0.25, 0.3) is 0 Å². The third kappa shape index (κ3) is 5.29. The van der Waals surface area contributed by atoms with E-state index in [1.165, 1.54) is 0 Å². The first kappa shape index (κ1) is 14.7. The molecular weight excluding hydrogens is 230 g/mol. The second-order valence-corrected chi connectivity index (χ2v) is 4.20. The van der Waals surface area contributed by atoms with Crippen LogP contribution < -0.4 is 5.73 Å². The van der Waals surface area contributed by atoms with Crippen LogP contribution in [0.15, 0.2) is 30.3 Å². The van der Waals surface area contributed by atoms with Gasteiger partial charge in [0.1, 0.15) is 12.1 Å². The van der Waals surface area contributed by atoms with E-state index in [1.807, 2.05) is 37.3 Å². The predicted octanol–water partition coefficient (Wildman–Crippen LogP) is 1.52. The van der Waals surface area contributed by atoms with Gasteiger partial charge in [-0.15, -0.1) is 0 Å². The molecule has 0 aromatic heterocycles. The topological polar surface area (TPSA) is 61.5 Å². The average Bonchev–Trinajstić information content (AvgIpc) is 2.37. The van der Waals surface area contributed by atoms with Crippen molar-refractivity contribution in [1.82, 2.24) is 0 Å². The summed E-state index contributed by atoms with van der Waals surface area (Å²) in [6, 6.07) is 9.03. The predicted molar refractivity (Wildman–Crippen MR) is 70.2 cm³/mol. The lowest BCUT2D eigenvalue weighted by Gasteiger charge is -2.16. The first-order valence-electron chi connectivity index (χ1n) is 6.21. The Morgan fingerprint density at radius 2 is 2.00 bits per heavy atom. The number of benzene rings is 1. The maximum Gasteiger partial charge on any atom is 0.323 e. The van der Waals surface area contributed by atoms with Crippen molar-refractivity contribution in [2.75, 3.05) is 13.2 Å². The molecule has 0 amide bonds. The van der Waals surface area contributed by atoms with E-state index in [0.29, 0.717) is 19.6 Å². The van der Waals surface area contributed by atoms with Crippen LogP contribution in [0.4, 0.5) is 0 Å². The summed E-state index contributed by atoms with van der Waals surface area (Å²) in [4.78, 5) is 11.7. The summed E-state index contributed by atoms with van der Waals surface area (Å²) in [5, 5.41) is 0.